The highest BCUT2D eigenvalue weighted by Gasteiger charge is 2.15. The zero-order valence-electron chi connectivity index (χ0n) is 15.1. The van der Waals surface area contributed by atoms with E-state index in [0.717, 1.165) is 12.1 Å². The molecule has 0 aliphatic carbocycles. The number of nitrogens with one attached hydrogen (secondary N) is 3. The Bertz CT molecular complexity index is 601. The first-order valence-electron chi connectivity index (χ1n) is 8.06. The zero-order valence-corrected chi connectivity index (χ0v) is 15.1. The number of guanidine groups is 1. The van der Waals surface area contributed by atoms with Gasteiger partial charge in [-0.1, -0.05) is 0 Å². The number of aliphatic imine (C=N–C) groups is 1. The van der Waals surface area contributed by atoms with Crippen molar-refractivity contribution in [2.24, 2.45) is 4.99 Å². The van der Waals surface area contributed by atoms with E-state index in [1.807, 2.05) is 0 Å². The second-order valence-corrected chi connectivity index (χ2v) is 6.34. The fraction of sp³-hybridized carbons (Fsp3) is 0.529. The molecule has 6 nitrogen and oxygen atoms in total. The minimum Gasteiger partial charge on any atom is -0.444 e. The van der Waals surface area contributed by atoms with Gasteiger partial charge in [-0.25, -0.2) is 13.6 Å². The van der Waals surface area contributed by atoms with Crippen molar-refractivity contribution in [1.82, 2.24) is 16.0 Å². The monoisotopic (exact) mass is 356 g/mol. The Morgan fingerprint density at radius 3 is 2.40 bits per heavy atom. The van der Waals surface area contributed by atoms with Gasteiger partial charge in [-0.3, -0.25) is 4.99 Å². The molecule has 8 heteroatoms. The van der Waals surface area contributed by atoms with Gasteiger partial charge in [0.15, 0.2) is 5.96 Å². The third kappa shape index (κ3) is 8.88. The minimum absolute atomic E-state index is 0.301. The van der Waals surface area contributed by atoms with Crippen LogP contribution in [-0.4, -0.2) is 44.3 Å². The lowest BCUT2D eigenvalue weighted by Crippen LogP contribution is -2.43. The number of hydrogen-bond donors (Lipinski definition) is 3. The van der Waals surface area contributed by atoms with Crippen LogP contribution in [0.5, 0.6) is 0 Å². The Hall–Kier alpha value is -2.38. The topological polar surface area (TPSA) is 74.8 Å². The molecule has 0 spiro atoms. The average molecular weight is 356 g/mol. The maximum absolute atomic E-state index is 13.5. The Morgan fingerprint density at radius 2 is 1.76 bits per heavy atom. The lowest BCUT2D eigenvalue weighted by atomic mass is 10.1. The van der Waals surface area contributed by atoms with E-state index in [1.165, 1.54) is 6.07 Å². The molecule has 140 valence electrons. The standard InChI is InChI=1S/C17H26F2N4O2/c1-17(2,3)25-16(24)23-10-9-22-15(20-4)21-8-7-12-11-13(18)5-6-14(12)19/h5-6,11H,7-10H2,1-4H3,(H,23,24)(H2,20,21,22). The number of amides is 1. The SMILES string of the molecule is CN=C(NCCNC(=O)OC(C)(C)C)NCCc1cc(F)ccc1F. The lowest BCUT2D eigenvalue weighted by molar-refractivity contribution is 0.0529. The van der Waals surface area contributed by atoms with Crippen molar-refractivity contribution < 1.29 is 18.3 Å². The van der Waals surface area contributed by atoms with E-state index in [9.17, 15) is 13.6 Å². The van der Waals surface area contributed by atoms with Crippen LogP contribution in [0.3, 0.4) is 0 Å². The molecule has 1 aromatic rings. The van der Waals surface area contributed by atoms with Gasteiger partial charge in [0.05, 0.1) is 0 Å². The quantitative estimate of drug-likeness (QED) is 0.415. The van der Waals surface area contributed by atoms with Gasteiger partial charge >= 0.3 is 6.09 Å². The maximum atomic E-state index is 13.5. The summed E-state index contributed by atoms with van der Waals surface area (Å²) in [6.45, 7) is 6.55. The Labute approximate surface area is 147 Å². The first kappa shape index (κ1) is 20.7. The zero-order chi connectivity index (χ0) is 18.9. The molecular formula is C17H26F2N4O2. The van der Waals surface area contributed by atoms with Gasteiger partial charge in [-0.2, -0.15) is 0 Å². The molecule has 1 amide bonds. The largest absolute Gasteiger partial charge is 0.444 e. The summed E-state index contributed by atoms with van der Waals surface area (Å²) >= 11 is 0. The van der Waals surface area contributed by atoms with Crippen molar-refractivity contribution in [3.8, 4) is 0 Å². The van der Waals surface area contributed by atoms with E-state index in [2.05, 4.69) is 20.9 Å². The van der Waals surface area contributed by atoms with E-state index in [4.69, 9.17) is 4.74 Å². The van der Waals surface area contributed by atoms with Crippen molar-refractivity contribution in [2.75, 3.05) is 26.7 Å². The summed E-state index contributed by atoms with van der Waals surface area (Å²) in [5.41, 5.74) is -0.240. The minimum atomic E-state index is -0.540. The Kier molecular flexibility index (Phi) is 8.10. The van der Waals surface area contributed by atoms with Gasteiger partial charge in [-0.15, -0.1) is 0 Å². The Morgan fingerprint density at radius 1 is 1.12 bits per heavy atom. The summed E-state index contributed by atoms with van der Waals surface area (Å²) in [5, 5.41) is 8.61. The summed E-state index contributed by atoms with van der Waals surface area (Å²) in [6.07, 6.45) is -0.167. The molecule has 0 bridgehead atoms. The molecule has 0 unspecified atom stereocenters. The molecular weight excluding hydrogens is 330 g/mol. The summed E-state index contributed by atoms with van der Waals surface area (Å²) in [6, 6.07) is 3.38. The van der Waals surface area contributed by atoms with Crippen LogP contribution in [0.25, 0.3) is 0 Å². The molecule has 1 rings (SSSR count). The van der Waals surface area contributed by atoms with Gasteiger partial charge in [0, 0.05) is 26.7 Å². The van der Waals surface area contributed by atoms with Gasteiger partial charge in [0.2, 0.25) is 0 Å². The summed E-state index contributed by atoms with van der Waals surface area (Å²) in [5.74, 6) is -0.400. The number of halogens is 2. The number of alkyl carbamates (subject to hydrolysis) is 1. The lowest BCUT2D eigenvalue weighted by Gasteiger charge is -2.20. The number of benzene rings is 1. The van der Waals surface area contributed by atoms with E-state index in [0.29, 0.717) is 37.6 Å². The van der Waals surface area contributed by atoms with Crippen LogP contribution >= 0.6 is 0 Å². The van der Waals surface area contributed by atoms with E-state index >= 15 is 0 Å². The number of carbonyl (C=O) groups excluding carboxylic acids is 1. The predicted octanol–water partition coefficient (Wildman–Crippen LogP) is 2.20. The first-order valence-corrected chi connectivity index (χ1v) is 8.06. The van der Waals surface area contributed by atoms with Gasteiger partial charge in [-0.05, 0) is 51.0 Å². The summed E-state index contributed by atoms with van der Waals surface area (Å²) in [7, 11) is 1.60. The van der Waals surface area contributed by atoms with E-state index in [-0.39, 0.29) is 0 Å². The smallest absolute Gasteiger partial charge is 0.407 e. The molecule has 0 saturated heterocycles. The van der Waals surface area contributed by atoms with Crippen LogP contribution in [0, 0.1) is 11.6 Å². The highest BCUT2D eigenvalue weighted by atomic mass is 19.1. The van der Waals surface area contributed by atoms with Crippen molar-refractivity contribution >= 4 is 12.1 Å². The van der Waals surface area contributed by atoms with Gasteiger partial charge in [0.25, 0.3) is 0 Å². The van der Waals surface area contributed by atoms with Crippen molar-refractivity contribution in [3.63, 3.8) is 0 Å². The second-order valence-electron chi connectivity index (χ2n) is 6.34. The number of ether oxygens (including phenoxy) is 1. The second kappa shape index (κ2) is 9.80. The molecule has 0 saturated carbocycles. The number of nitrogens with zero attached hydrogens (tertiary/aromatic N) is 1. The third-order valence-corrected chi connectivity index (χ3v) is 3.00. The van der Waals surface area contributed by atoms with Crippen LogP contribution < -0.4 is 16.0 Å². The molecule has 0 fully saturated rings. The molecule has 0 aliphatic heterocycles. The molecule has 0 radical (unpaired) electrons. The van der Waals surface area contributed by atoms with Crippen LogP contribution in [0.1, 0.15) is 26.3 Å². The molecule has 3 N–H and O–H groups in total. The van der Waals surface area contributed by atoms with Crippen LogP contribution in [0.4, 0.5) is 13.6 Å². The molecule has 0 aliphatic rings. The Balaban J connectivity index is 2.27. The predicted molar refractivity (Wildman–Crippen MR) is 93.7 cm³/mol. The van der Waals surface area contributed by atoms with Crippen LogP contribution in [-0.2, 0) is 11.2 Å². The van der Waals surface area contributed by atoms with Crippen LogP contribution in [0.15, 0.2) is 23.2 Å². The van der Waals surface area contributed by atoms with Crippen molar-refractivity contribution in [1.29, 1.82) is 0 Å². The number of carbonyl (C=O) groups is 1. The highest BCUT2D eigenvalue weighted by Crippen LogP contribution is 2.09. The maximum Gasteiger partial charge on any atom is 0.407 e. The number of hydrogen-bond acceptors (Lipinski definition) is 3. The molecule has 0 atom stereocenters. The molecule has 0 aromatic heterocycles. The van der Waals surface area contributed by atoms with E-state index in [1.54, 1.807) is 27.8 Å². The van der Waals surface area contributed by atoms with Gasteiger partial charge < -0.3 is 20.7 Å². The fourth-order valence-electron chi connectivity index (χ4n) is 1.93. The molecule has 0 heterocycles. The molecule has 25 heavy (non-hydrogen) atoms. The van der Waals surface area contributed by atoms with Crippen molar-refractivity contribution in [3.05, 3.63) is 35.4 Å². The normalized spacial score (nSPS) is 11.8. The summed E-state index contributed by atoms with van der Waals surface area (Å²) in [4.78, 5) is 15.5. The fourth-order valence-corrected chi connectivity index (χ4v) is 1.93. The van der Waals surface area contributed by atoms with Crippen molar-refractivity contribution in [2.45, 2.75) is 32.8 Å². The van der Waals surface area contributed by atoms with Crippen LogP contribution in [0.2, 0.25) is 0 Å². The highest BCUT2D eigenvalue weighted by molar-refractivity contribution is 5.79. The first-order chi connectivity index (χ1) is 11.7. The average Bonchev–Trinajstić information content (AvgIpc) is 2.51. The molecule has 1 aromatic carbocycles. The summed E-state index contributed by atoms with van der Waals surface area (Å²) < 4.78 is 31.7. The van der Waals surface area contributed by atoms with Gasteiger partial charge in [0.1, 0.15) is 17.2 Å². The van der Waals surface area contributed by atoms with E-state index < -0.39 is 23.3 Å². The third-order valence-electron chi connectivity index (χ3n) is 3.00. The number of rotatable bonds is 6.